The topological polar surface area (TPSA) is 56.0 Å². The highest BCUT2D eigenvalue weighted by Crippen LogP contribution is 2.16. The van der Waals surface area contributed by atoms with Gasteiger partial charge in [0.05, 0.1) is 17.6 Å². The van der Waals surface area contributed by atoms with E-state index in [1.807, 2.05) is 37.3 Å². The number of hydrogen-bond donors (Lipinski definition) is 1. The molecule has 0 spiro atoms. The molecular formula is C12H12N2O. The Balaban J connectivity index is 2.54. The molecule has 0 aliphatic rings. The van der Waals surface area contributed by atoms with Crippen LogP contribution in [0.3, 0.4) is 0 Å². The zero-order chi connectivity index (χ0) is 10.8. The number of rotatable bonds is 2. The summed E-state index contributed by atoms with van der Waals surface area (Å²) in [5.74, 6) is -0.351. The van der Waals surface area contributed by atoms with Crippen LogP contribution in [0.2, 0.25) is 0 Å². The van der Waals surface area contributed by atoms with E-state index in [1.165, 1.54) is 0 Å². The van der Waals surface area contributed by atoms with Gasteiger partial charge in [0, 0.05) is 5.39 Å². The lowest BCUT2D eigenvalue weighted by atomic mass is 10.1. The highest BCUT2D eigenvalue weighted by Gasteiger charge is 2.03. The molecule has 1 amide bonds. The van der Waals surface area contributed by atoms with Crippen molar-refractivity contribution in [2.75, 3.05) is 0 Å². The first-order valence-corrected chi connectivity index (χ1v) is 4.80. The molecule has 1 aromatic heterocycles. The van der Waals surface area contributed by atoms with Crippen molar-refractivity contribution in [3.05, 3.63) is 41.6 Å². The van der Waals surface area contributed by atoms with Gasteiger partial charge >= 0.3 is 0 Å². The molecule has 0 aliphatic heterocycles. The molecule has 76 valence electrons. The number of benzene rings is 1. The van der Waals surface area contributed by atoms with E-state index in [4.69, 9.17) is 5.73 Å². The molecule has 15 heavy (non-hydrogen) atoms. The summed E-state index contributed by atoms with van der Waals surface area (Å²) in [4.78, 5) is 15.2. The quantitative estimate of drug-likeness (QED) is 0.800. The average Bonchev–Trinajstić information content (AvgIpc) is 2.18. The first kappa shape index (κ1) is 9.65. The number of pyridine rings is 1. The molecule has 2 rings (SSSR count). The molecule has 0 bridgehead atoms. The molecule has 0 fully saturated rings. The van der Waals surface area contributed by atoms with Crippen molar-refractivity contribution in [2.24, 2.45) is 5.73 Å². The molecule has 0 radical (unpaired) electrons. The van der Waals surface area contributed by atoms with Crippen LogP contribution in [0, 0.1) is 6.92 Å². The highest BCUT2D eigenvalue weighted by molar-refractivity contribution is 5.83. The fourth-order valence-electron chi connectivity index (χ4n) is 1.61. The van der Waals surface area contributed by atoms with Gasteiger partial charge in [-0.05, 0) is 18.6 Å². The van der Waals surface area contributed by atoms with Gasteiger partial charge in [-0.3, -0.25) is 9.78 Å². The molecule has 3 heteroatoms. The van der Waals surface area contributed by atoms with Crippen molar-refractivity contribution in [3.63, 3.8) is 0 Å². The first-order valence-electron chi connectivity index (χ1n) is 4.80. The third-order valence-electron chi connectivity index (χ3n) is 2.34. The summed E-state index contributed by atoms with van der Waals surface area (Å²) in [5.41, 5.74) is 7.90. The number of aryl methyl sites for hydroxylation is 1. The van der Waals surface area contributed by atoms with Gasteiger partial charge in [-0.15, -0.1) is 0 Å². The van der Waals surface area contributed by atoms with E-state index >= 15 is 0 Å². The average molecular weight is 200 g/mol. The van der Waals surface area contributed by atoms with Gasteiger partial charge in [0.25, 0.3) is 0 Å². The predicted octanol–water partition coefficient (Wildman–Crippen LogP) is 1.57. The molecule has 2 aromatic rings. The molecule has 3 nitrogen and oxygen atoms in total. The number of hydrogen-bond acceptors (Lipinski definition) is 2. The number of para-hydroxylation sites is 1. The number of nitrogens with zero attached hydrogens (tertiary/aromatic N) is 1. The first-order chi connectivity index (χ1) is 7.16. The van der Waals surface area contributed by atoms with E-state index in [2.05, 4.69) is 4.98 Å². The fourth-order valence-corrected chi connectivity index (χ4v) is 1.61. The Bertz CT molecular complexity index is 520. The van der Waals surface area contributed by atoms with Gasteiger partial charge in [-0.1, -0.05) is 24.3 Å². The second-order valence-electron chi connectivity index (χ2n) is 3.59. The number of amides is 1. The van der Waals surface area contributed by atoms with Crippen molar-refractivity contribution >= 4 is 16.8 Å². The Morgan fingerprint density at radius 3 is 2.87 bits per heavy atom. The third-order valence-corrected chi connectivity index (χ3v) is 2.34. The Labute approximate surface area is 87.9 Å². The maximum absolute atomic E-state index is 10.8. The third kappa shape index (κ3) is 1.96. The molecule has 1 heterocycles. The lowest BCUT2D eigenvalue weighted by Crippen LogP contribution is -2.14. The predicted molar refractivity (Wildman–Crippen MR) is 59.4 cm³/mol. The second kappa shape index (κ2) is 3.69. The SMILES string of the molecule is Cc1cccc2ccc(CC(N)=O)nc12. The van der Waals surface area contributed by atoms with Gasteiger partial charge in [0.2, 0.25) is 5.91 Å². The van der Waals surface area contributed by atoms with Crippen LogP contribution in [0.25, 0.3) is 10.9 Å². The van der Waals surface area contributed by atoms with Gasteiger partial charge in [0.1, 0.15) is 0 Å². The number of fused-ring (bicyclic) bond motifs is 1. The maximum Gasteiger partial charge on any atom is 0.223 e. The number of primary amides is 1. The molecular weight excluding hydrogens is 188 g/mol. The van der Waals surface area contributed by atoms with Crippen LogP contribution in [0.15, 0.2) is 30.3 Å². The summed E-state index contributed by atoms with van der Waals surface area (Å²) in [7, 11) is 0. The van der Waals surface area contributed by atoms with Crippen LogP contribution < -0.4 is 5.73 Å². The van der Waals surface area contributed by atoms with Crippen molar-refractivity contribution in [1.29, 1.82) is 0 Å². The van der Waals surface area contributed by atoms with E-state index in [0.717, 1.165) is 22.2 Å². The van der Waals surface area contributed by atoms with Crippen LogP contribution in [0.1, 0.15) is 11.3 Å². The molecule has 0 saturated carbocycles. The van der Waals surface area contributed by atoms with Crippen LogP contribution in [-0.2, 0) is 11.2 Å². The van der Waals surface area contributed by atoms with Crippen LogP contribution in [0.5, 0.6) is 0 Å². The summed E-state index contributed by atoms with van der Waals surface area (Å²) >= 11 is 0. The van der Waals surface area contributed by atoms with Crippen LogP contribution >= 0.6 is 0 Å². The zero-order valence-electron chi connectivity index (χ0n) is 8.53. The zero-order valence-corrected chi connectivity index (χ0v) is 8.53. The molecule has 0 unspecified atom stereocenters. The van der Waals surface area contributed by atoms with E-state index in [0.29, 0.717) is 0 Å². The minimum atomic E-state index is -0.351. The molecule has 0 aliphatic carbocycles. The van der Waals surface area contributed by atoms with E-state index in [-0.39, 0.29) is 12.3 Å². The Kier molecular flexibility index (Phi) is 2.37. The lowest BCUT2D eigenvalue weighted by molar-refractivity contribution is -0.117. The summed E-state index contributed by atoms with van der Waals surface area (Å²) in [6.45, 7) is 2.00. The Morgan fingerprint density at radius 2 is 2.13 bits per heavy atom. The molecule has 0 saturated heterocycles. The van der Waals surface area contributed by atoms with Gasteiger partial charge < -0.3 is 5.73 Å². The standard InChI is InChI=1S/C12H12N2O/c1-8-3-2-4-9-5-6-10(7-11(13)15)14-12(8)9/h2-6H,7H2,1H3,(H2,13,15). The van der Waals surface area contributed by atoms with Gasteiger partial charge in [-0.2, -0.15) is 0 Å². The molecule has 1 aromatic carbocycles. The normalized spacial score (nSPS) is 10.5. The summed E-state index contributed by atoms with van der Waals surface area (Å²) in [6.07, 6.45) is 0.199. The minimum absolute atomic E-state index is 0.199. The molecule has 0 atom stereocenters. The second-order valence-corrected chi connectivity index (χ2v) is 3.59. The number of carbonyl (C=O) groups is 1. The highest BCUT2D eigenvalue weighted by atomic mass is 16.1. The van der Waals surface area contributed by atoms with Gasteiger partial charge in [0.15, 0.2) is 0 Å². The summed E-state index contributed by atoms with van der Waals surface area (Å²) in [6, 6.07) is 9.81. The maximum atomic E-state index is 10.8. The van der Waals surface area contributed by atoms with Crippen molar-refractivity contribution in [1.82, 2.24) is 4.98 Å². The van der Waals surface area contributed by atoms with E-state index < -0.39 is 0 Å². The summed E-state index contributed by atoms with van der Waals surface area (Å²) in [5, 5.41) is 1.09. The van der Waals surface area contributed by atoms with E-state index in [1.54, 1.807) is 0 Å². The summed E-state index contributed by atoms with van der Waals surface area (Å²) < 4.78 is 0. The van der Waals surface area contributed by atoms with E-state index in [9.17, 15) is 4.79 Å². The van der Waals surface area contributed by atoms with Crippen LogP contribution in [-0.4, -0.2) is 10.9 Å². The lowest BCUT2D eigenvalue weighted by Gasteiger charge is -2.03. The Hall–Kier alpha value is -1.90. The number of carbonyl (C=O) groups excluding carboxylic acids is 1. The van der Waals surface area contributed by atoms with Crippen LogP contribution in [0.4, 0.5) is 0 Å². The largest absolute Gasteiger partial charge is 0.369 e. The van der Waals surface area contributed by atoms with Crippen molar-refractivity contribution < 1.29 is 4.79 Å². The number of aromatic nitrogens is 1. The fraction of sp³-hybridized carbons (Fsp3) is 0.167. The molecule has 2 N–H and O–H groups in total. The smallest absolute Gasteiger partial charge is 0.223 e. The van der Waals surface area contributed by atoms with Gasteiger partial charge in [-0.25, -0.2) is 0 Å². The Morgan fingerprint density at radius 1 is 1.33 bits per heavy atom. The monoisotopic (exact) mass is 200 g/mol. The number of nitrogens with two attached hydrogens (primary N) is 1. The van der Waals surface area contributed by atoms with Crippen molar-refractivity contribution in [3.8, 4) is 0 Å². The minimum Gasteiger partial charge on any atom is -0.369 e. The van der Waals surface area contributed by atoms with Crippen molar-refractivity contribution in [2.45, 2.75) is 13.3 Å².